The van der Waals surface area contributed by atoms with Crippen LogP contribution in [0.3, 0.4) is 0 Å². The number of nitrogens with zero attached hydrogens (tertiary/aromatic N) is 1. The fourth-order valence-electron chi connectivity index (χ4n) is 5.95. The SMILES string of the molecule is C=C(C[C@]1(NS(=O)C(C)(C)C)C(=O)N(C(c2ccccc2)(c2ccccc2)c2ccccc2)c2ccccc21)C(=O)OCC. The third-order valence-electron chi connectivity index (χ3n) is 7.95. The number of amides is 1. The summed E-state index contributed by atoms with van der Waals surface area (Å²) >= 11 is 0. The Hall–Kier alpha value is -4.33. The van der Waals surface area contributed by atoms with E-state index in [2.05, 4.69) is 11.3 Å². The molecule has 0 saturated carbocycles. The lowest BCUT2D eigenvalue weighted by molar-refractivity contribution is -0.138. The first kappa shape index (κ1) is 31.1. The van der Waals surface area contributed by atoms with Gasteiger partial charge in [-0.05, 0) is 50.5 Å². The van der Waals surface area contributed by atoms with E-state index in [4.69, 9.17) is 4.74 Å². The number of hydrogen-bond donors (Lipinski definition) is 1. The van der Waals surface area contributed by atoms with Crippen LogP contribution in [0.1, 0.15) is 56.4 Å². The third-order valence-corrected chi connectivity index (χ3v) is 9.60. The maximum atomic E-state index is 15.6. The van der Waals surface area contributed by atoms with Gasteiger partial charge in [0.15, 0.2) is 0 Å². The van der Waals surface area contributed by atoms with E-state index in [1.54, 1.807) is 6.92 Å². The van der Waals surface area contributed by atoms with Gasteiger partial charge in [-0.3, -0.25) is 9.69 Å². The second-order valence-corrected chi connectivity index (χ2v) is 13.8. The molecular weight excluding hydrogens is 568 g/mol. The van der Waals surface area contributed by atoms with E-state index in [-0.39, 0.29) is 24.5 Å². The van der Waals surface area contributed by atoms with E-state index in [0.717, 1.165) is 16.7 Å². The second-order valence-electron chi connectivity index (χ2n) is 11.9. The molecule has 1 aliphatic heterocycles. The highest BCUT2D eigenvalue weighted by Crippen LogP contribution is 2.53. The van der Waals surface area contributed by atoms with E-state index in [9.17, 15) is 9.00 Å². The van der Waals surface area contributed by atoms with E-state index in [0.29, 0.717) is 11.3 Å². The molecule has 1 unspecified atom stereocenters. The largest absolute Gasteiger partial charge is 0.463 e. The average Bonchev–Trinajstić information content (AvgIpc) is 3.26. The first-order valence-corrected chi connectivity index (χ1v) is 15.9. The van der Waals surface area contributed by atoms with E-state index in [1.165, 1.54) is 0 Å². The van der Waals surface area contributed by atoms with Gasteiger partial charge < -0.3 is 4.74 Å². The van der Waals surface area contributed by atoms with Crippen molar-refractivity contribution in [3.8, 4) is 0 Å². The number of para-hydroxylation sites is 1. The standard InChI is InChI=1S/C37H38N2O4S/c1-6-43-33(40)27(2)26-36(38-44(42)35(3,4)5)31-24-16-17-25-32(31)39(34(36)41)37(28-18-10-7-11-19-28,29-20-12-8-13-21-29)30-22-14-9-15-23-30/h7-25,38H,2,6,26H2,1,3-5H3/t36-,44?/m1/s1. The van der Waals surface area contributed by atoms with Crippen LogP contribution in [0, 0.1) is 0 Å². The normalized spacial score (nSPS) is 17.2. The van der Waals surface area contributed by atoms with Gasteiger partial charge in [0.1, 0.15) is 11.1 Å². The van der Waals surface area contributed by atoms with E-state index < -0.39 is 32.8 Å². The molecule has 226 valence electrons. The molecule has 1 heterocycles. The molecule has 0 aromatic heterocycles. The lowest BCUT2D eigenvalue weighted by atomic mass is 9.75. The zero-order valence-corrected chi connectivity index (χ0v) is 26.4. The molecule has 44 heavy (non-hydrogen) atoms. The van der Waals surface area contributed by atoms with Crippen LogP contribution in [0.4, 0.5) is 5.69 Å². The molecule has 1 amide bonds. The van der Waals surface area contributed by atoms with Gasteiger partial charge in [-0.15, -0.1) is 0 Å². The summed E-state index contributed by atoms with van der Waals surface area (Å²) in [6.07, 6.45) is -0.131. The van der Waals surface area contributed by atoms with Crippen LogP contribution in [0.15, 0.2) is 127 Å². The summed E-state index contributed by atoms with van der Waals surface area (Å²) in [5.74, 6) is -0.947. The van der Waals surface area contributed by atoms with Gasteiger partial charge in [-0.2, -0.15) is 0 Å². The van der Waals surface area contributed by atoms with E-state index in [1.807, 2.05) is 141 Å². The van der Waals surface area contributed by atoms with E-state index >= 15 is 4.79 Å². The van der Waals surface area contributed by atoms with Crippen LogP contribution in [-0.4, -0.2) is 27.4 Å². The third kappa shape index (κ3) is 5.31. The van der Waals surface area contributed by atoms with Crippen LogP contribution in [0.5, 0.6) is 0 Å². The van der Waals surface area contributed by atoms with Gasteiger partial charge in [0, 0.05) is 17.6 Å². The molecule has 4 aromatic rings. The number of esters is 1. The van der Waals surface area contributed by atoms with Gasteiger partial charge in [0.05, 0.1) is 28.0 Å². The predicted molar refractivity (Wildman–Crippen MR) is 176 cm³/mol. The Balaban J connectivity index is 1.86. The molecule has 7 heteroatoms. The Kier molecular flexibility index (Phi) is 8.73. The minimum absolute atomic E-state index is 0.111. The summed E-state index contributed by atoms with van der Waals surface area (Å²) in [5.41, 5.74) is 1.27. The van der Waals surface area contributed by atoms with Crippen molar-refractivity contribution in [3.63, 3.8) is 0 Å². The highest BCUT2D eigenvalue weighted by molar-refractivity contribution is 7.84. The van der Waals surface area contributed by atoms with Crippen molar-refractivity contribution in [2.45, 2.75) is 49.9 Å². The van der Waals surface area contributed by atoms with Crippen LogP contribution in [0.2, 0.25) is 0 Å². The fraction of sp³-hybridized carbons (Fsp3) is 0.243. The smallest absolute Gasteiger partial charge is 0.333 e. The molecule has 4 aromatic carbocycles. The predicted octanol–water partition coefficient (Wildman–Crippen LogP) is 6.78. The molecular formula is C37H38N2O4S. The summed E-state index contributed by atoms with van der Waals surface area (Å²) in [7, 11) is -1.69. The fourth-order valence-corrected chi connectivity index (χ4v) is 6.84. The molecule has 1 N–H and O–H groups in total. The quantitative estimate of drug-likeness (QED) is 0.123. The molecule has 2 atom stereocenters. The lowest BCUT2D eigenvalue weighted by Crippen LogP contribution is -2.59. The molecule has 0 aliphatic carbocycles. The molecule has 0 spiro atoms. The Morgan fingerprint density at radius 3 is 1.73 bits per heavy atom. The van der Waals surface area contributed by atoms with Crippen molar-refractivity contribution < 1.29 is 18.5 Å². The Morgan fingerprint density at radius 2 is 1.27 bits per heavy atom. The van der Waals surface area contributed by atoms with Gasteiger partial charge in [-0.1, -0.05) is 116 Å². The second kappa shape index (κ2) is 12.3. The molecule has 0 radical (unpaired) electrons. The topological polar surface area (TPSA) is 75.7 Å². The number of rotatable bonds is 10. The summed E-state index contributed by atoms with van der Waals surface area (Å²) < 4.78 is 21.7. The Labute approximate surface area is 262 Å². The lowest BCUT2D eigenvalue weighted by Gasteiger charge is -2.45. The van der Waals surface area contributed by atoms with Gasteiger partial charge in [0.25, 0.3) is 5.91 Å². The highest BCUT2D eigenvalue weighted by Gasteiger charge is 2.59. The molecule has 6 nitrogen and oxygen atoms in total. The maximum Gasteiger partial charge on any atom is 0.333 e. The summed E-state index contributed by atoms with van der Waals surface area (Å²) in [4.78, 5) is 30.3. The number of nitrogens with one attached hydrogen (secondary N) is 1. The zero-order chi connectivity index (χ0) is 31.5. The van der Waals surface area contributed by atoms with Gasteiger partial charge >= 0.3 is 5.97 Å². The van der Waals surface area contributed by atoms with Crippen LogP contribution in [-0.2, 0) is 36.4 Å². The molecule has 5 rings (SSSR count). The minimum Gasteiger partial charge on any atom is -0.463 e. The van der Waals surface area contributed by atoms with Gasteiger partial charge in [-0.25, -0.2) is 13.7 Å². The van der Waals surface area contributed by atoms with Crippen LogP contribution in [0.25, 0.3) is 0 Å². The van der Waals surface area contributed by atoms with Crippen LogP contribution >= 0.6 is 0 Å². The van der Waals surface area contributed by atoms with Crippen molar-refractivity contribution in [2.75, 3.05) is 11.5 Å². The number of carbonyl (C=O) groups is 2. The van der Waals surface area contributed by atoms with Crippen LogP contribution < -0.4 is 9.62 Å². The number of carbonyl (C=O) groups excluding carboxylic acids is 2. The first-order chi connectivity index (χ1) is 21.1. The summed E-state index contributed by atoms with van der Waals surface area (Å²) in [6, 6.07) is 37.3. The summed E-state index contributed by atoms with van der Waals surface area (Å²) in [6.45, 7) is 11.5. The van der Waals surface area contributed by atoms with Crippen molar-refractivity contribution >= 4 is 28.5 Å². The molecule has 1 aliphatic rings. The van der Waals surface area contributed by atoms with Crippen molar-refractivity contribution in [2.24, 2.45) is 0 Å². The number of anilines is 1. The molecule has 0 bridgehead atoms. The van der Waals surface area contributed by atoms with Crippen molar-refractivity contribution in [1.82, 2.24) is 4.72 Å². The number of ether oxygens (including phenoxy) is 1. The van der Waals surface area contributed by atoms with Crippen molar-refractivity contribution in [1.29, 1.82) is 0 Å². The number of benzene rings is 4. The monoisotopic (exact) mass is 606 g/mol. The average molecular weight is 607 g/mol. The Morgan fingerprint density at radius 1 is 0.818 bits per heavy atom. The Bertz CT molecular complexity index is 1590. The zero-order valence-electron chi connectivity index (χ0n) is 25.6. The molecule has 0 saturated heterocycles. The summed E-state index contributed by atoms with van der Waals surface area (Å²) in [5, 5.41) is 0. The van der Waals surface area contributed by atoms with Gasteiger partial charge in [0.2, 0.25) is 0 Å². The number of hydrogen-bond acceptors (Lipinski definition) is 4. The number of fused-ring (bicyclic) bond motifs is 1. The maximum absolute atomic E-state index is 15.6. The minimum atomic E-state index is -1.69. The highest BCUT2D eigenvalue weighted by atomic mass is 32.2. The molecule has 0 fully saturated rings. The van der Waals surface area contributed by atoms with Crippen molar-refractivity contribution in [3.05, 3.63) is 150 Å². The first-order valence-electron chi connectivity index (χ1n) is 14.7.